The van der Waals surface area contributed by atoms with Crippen molar-refractivity contribution in [3.05, 3.63) is 241 Å². The van der Waals surface area contributed by atoms with E-state index in [1.807, 2.05) is 48.3 Å². The SMILES string of the molecule is c1ccc(-c2ccc(-c3nc(-c4ccccc4)nc(-c4cccc(C5(c6cccc(-c7cccc8cccnc78)c6)c6ccccc6Sc6ccccc65)c4)n3)cc2)cc1. The lowest BCUT2D eigenvalue weighted by atomic mass is 9.64. The van der Waals surface area contributed by atoms with Gasteiger partial charge in [-0.1, -0.05) is 194 Å². The van der Waals surface area contributed by atoms with Gasteiger partial charge in [0.25, 0.3) is 0 Å². The van der Waals surface area contributed by atoms with Gasteiger partial charge in [-0.25, -0.2) is 15.0 Å². The zero-order valence-corrected chi connectivity index (χ0v) is 33.3. The molecule has 0 unspecified atom stereocenters. The van der Waals surface area contributed by atoms with Crippen LogP contribution in [0.4, 0.5) is 0 Å². The maximum Gasteiger partial charge on any atom is 0.164 e. The number of rotatable bonds is 7. The van der Waals surface area contributed by atoms with E-state index in [1.165, 1.54) is 32.0 Å². The van der Waals surface area contributed by atoms with Crippen LogP contribution >= 0.6 is 11.8 Å². The average Bonchev–Trinajstić information content (AvgIpc) is 3.33. The third-order valence-electron chi connectivity index (χ3n) is 11.5. The highest BCUT2D eigenvalue weighted by molar-refractivity contribution is 7.99. The minimum atomic E-state index is -0.673. The summed E-state index contributed by atoms with van der Waals surface area (Å²) in [6, 6.07) is 75.2. The second kappa shape index (κ2) is 15.0. The molecular weight excluding hydrogens is 749 g/mol. The summed E-state index contributed by atoms with van der Waals surface area (Å²) in [6.45, 7) is 0. The van der Waals surface area contributed by atoms with Crippen LogP contribution in [0.15, 0.2) is 228 Å². The van der Waals surface area contributed by atoms with Crippen molar-refractivity contribution in [1.29, 1.82) is 0 Å². The van der Waals surface area contributed by atoms with E-state index in [0.29, 0.717) is 17.5 Å². The summed E-state index contributed by atoms with van der Waals surface area (Å²) in [7, 11) is 0. The maximum atomic E-state index is 5.22. The molecule has 0 fully saturated rings. The average molecular weight is 785 g/mol. The molecule has 0 saturated heterocycles. The van der Waals surface area contributed by atoms with E-state index >= 15 is 0 Å². The molecule has 11 rings (SSSR count). The van der Waals surface area contributed by atoms with E-state index in [-0.39, 0.29) is 0 Å². The molecule has 0 spiro atoms. The van der Waals surface area contributed by atoms with E-state index in [4.69, 9.17) is 19.9 Å². The summed E-state index contributed by atoms with van der Waals surface area (Å²) in [5, 5.41) is 1.12. The third-order valence-corrected chi connectivity index (χ3v) is 12.7. The predicted octanol–water partition coefficient (Wildman–Crippen LogP) is 13.6. The minimum absolute atomic E-state index is 0.616. The molecule has 4 nitrogen and oxygen atoms in total. The quantitative estimate of drug-likeness (QED) is 0.161. The first-order chi connectivity index (χ1) is 29.7. The molecule has 5 heteroatoms. The molecule has 1 aliphatic rings. The Labute approximate surface area is 353 Å². The van der Waals surface area contributed by atoms with E-state index in [2.05, 4.69) is 182 Å². The highest BCUT2D eigenvalue weighted by Crippen LogP contribution is 2.56. The molecule has 0 bridgehead atoms. The second-order valence-corrected chi connectivity index (χ2v) is 16.1. The number of benzene rings is 8. The first-order valence-corrected chi connectivity index (χ1v) is 20.9. The third kappa shape index (κ3) is 6.19. The smallest absolute Gasteiger partial charge is 0.164 e. The van der Waals surface area contributed by atoms with Gasteiger partial charge in [-0.15, -0.1) is 0 Å². The van der Waals surface area contributed by atoms with Gasteiger partial charge in [0, 0.05) is 43.6 Å². The van der Waals surface area contributed by atoms with Crippen molar-refractivity contribution in [2.45, 2.75) is 15.2 Å². The topological polar surface area (TPSA) is 51.6 Å². The van der Waals surface area contributed by atoms with E-state index in [1.54, 1.807) is 0 Å². The fourth-order valence-electron chi connectivity index (χ4n) is 8.72. The van der Waals surface area contributed by atoms with E-state index in [9.17, 15) is 0 Å². The predicted molar refractivity (Wildman–Crippen MR) is 245 cm³/mol. The van der Waals surface area contributed by atoms with Crippen LogP contribution in [0.2, 0.25) is 0 Å². The molecule has 282 valence electrons. The van der Waals surface area contributed by atoms with Crippen molar-refractivity contribution in [2.24, 2.45) is 0 Å². The van der Waals surface area contributed by atoms with Crippen LogP contribution in [0.1, 0.15) is 22.3 Å². The standard InChI is InChI=1S/C55H36N4S/c1-3-15-37(16-4-1)38-30-32-41(33-31-38)53-57-52(40-17-5-2-6-18-40)58-54(59-53)43-21-12-24-45(36-43)55(47-26-7-9-28-49(47)60-50-29-10-8-27-48(50)55)44-23-11-20-42(35-44)46-25-13-19-39-22-14-34-56-51(39)46/h1-36H. The summed E-state index contributed by atoms with van der Waals surface area (Å²) < 4.78 is 0. The van der Waals surface area contributed by atoms with Crippen molar-refractivity contribution in [1.82, 2.24) is 19.9 Å². The Bertz CT molecular complexity index is 3130. The fourth-order valence-corrected chi connectivity index (χ4v) is 9.92. The Morgan fingerprint density at radius 2 is 0.817 bits per heavy atom. The van der Waals surface area contributed by atoms with Crippen LogP contribution in [0.25, 0.3) is 67.3 Å². The molecule has 1 aliphatic heterocycles. The van der Waals surface area contributed by atoms with Gasteiger partial charge >= 0.3 is 0 Å². The van der Waals surface area contributed by atoms with Gasteiger partial charge in [-0.2, -0.15) is 0 Å². The van der Waals surface area contributed by atoms with Crippen molar-refractivity contribution < 1.29 is 0 Å². The van der Waals surface area contributed by atoms with Gasteiger partial charge in [-0.3, -0.25) is 4.98 Å². The Morgan fingerprint density at radius 1 is 0.350 bits per heavy atom. The number of hydrogen-bond donors (Lipinski definition) is 0. The number of fused-ring (bicyclic) bond motifs is 3. The normalized spacial score (nSPS) is 12.7. The van der Waals surface area contributed by atoms with E-state index in [0.717, 1.165) is 49.8 Å². The van der Waals surface area contributed by atoms with Gasteiger partial charge < -0.3 is 0 Å². The zero-order chi connectivity index (χ0) is 39.9. The van der Waals surface area contributed by atoms with Gasteiger partial charge in [0.1, 0.15) is 0 Å². The summed E-state index contributed by atoms with van der Waals surface area (Å²) in [5.74, 6) is 1.87. The summed E-state index contributed by atoms with van der Waals surface area (Å²) in [5.41, 5.74) is 12.4. The lowest BCUT2D eigenvalue weighted by Gasteiger charge is -2.42. The first-order valence-electron chi connectivity index (χ1n) is 20.1. The molecule has 0 N–H and O–H groups in total. The highest BCUT2D eigenvalue weighted by Gasteiger charge is 2.44. The molecule has 60 heavy (non-hydrogen) atoms. The van der Waals surface area contributed by atoms with Crippen LogP contribution in [0, 0.1) is 0 Å². The van der Waals surface area contributed by atoms with Crippen LogP contribution in [-0.2, 0) is 5.41 Å². The second-order valence-electron chi connectivity index (χ2n) is 15.0. The van der Waals surface area contributed by atoms with E-state index < -0.39 is 5.41 Å². The molecule has 8 aromatic carbocycles. The van der Waals surface area contributed by atoms with Gasteiger partial charge in [0.05, 0.1) is 10.9 Å². The molecule has 0 radical (unpaired) electrons. The minimum Gasteiger partial charge on any atom is -0.256 e. The number of hydrogen-bond acceptors (Lipinski definition) is 5. The Balaban J connectivity index is 1.12. The van der Waals surface area contributed by atoms with Gasteiger partial charge in [0.15, 0.2) is 17.5 Å². The lowest BCUT2D eigenvalue weighted by Crippen LogP contribution is -2.34. The molecule has 0 saturated carbocycles. The molecule has 0 amide bonds. The summed E-state index contributed by atoms with van der Waals surface area (Å²) in [4.78, 5) is 22.8. The zero-order valence-electron chi connectivity index (χ0n) is 32.5. The largest absolute Gasteiger partial charge is 0.256 e. The summed E-state index contributed by atoms with van der Waals surface area (Å²) in [6.07, 6.45) is 1.88. The van der Waals surface area contributed by atoms with Crippen molar-refractivity contribution >= 4 is 22.7 Å². The molecular formula is C55H36N4S. The van der Waals surface area contributed by atoms with Crippen LogP contribution < -0.4 is 0 Å². The maximum absolute atomic E-state index is 5.22. The molecule has 0 aliphatic carbocycles. The molecule has 2 aromatic heterocycles. The highest BCUT2D eigenvalue weighted by atomic mass is 32.2. The van der Waals surface area contributed by atoms with Crippen LogP contribution in [-0.4, -0.2) is 19.9 Å². The number of pyridine rings is 1. The van der Waals surface area contributed by atoms with Crippen LogP contribution in [0.3, 0.4) is 0 Å². The summed E-state index contributed by atoms with van der Waals surface area (Å²) >= 11 is 1.83. The molecule has 0 atom stereocenters. The van der Waals surface area contributed by atoms with Gasteiger partial charge in [0.2, 0.25) is 0 Å². The molecule has 10 aromatic rings. The monoisotopic (exact) mass is 784 g/mol. The fraction of sp³-hybridized carbons (Fsp3) is 0.0182. The number of aromatic nitrogens is 4. The first kappa shape index (κ1) is 35.7. The molecule has 3 heterocycles. The lowest BCUT2D eigenvalue weighted by molar-refractivity contribution is 0.703. The van der Waals surface area contributed by atoms with Crippen molar-refractivity contribution in [3.8, 4) is 56.4 Å². The number of para-hydroxylation sites is 1. The Morgan fingerprint density at radius 3 is 1.48 bits per heavy atom. The number of nitrogens with zero attached hydrogens (tertiary/aromatic N) is 4. The van der Waals surface area contributed by atoms with Crippen molar-refractivity contribution in [2.75, 3.05) is 0 Å². The Hall–Kier alpha value is -7.47. The Kier molecular flexibility index (Phi) is 8.94. The van der Waals surface area contributed by atoms with Gasteiger partial charge in [-0.05, 0) is 69.3 Å². The van der Waals surface area contributed by atoms with Crippen LogP contribution in [0.5, 0.6) is 0 Å². The van der Waals surface area contributed by atoms with Crippen molar-refractivity contribution in [3.63, 3.8) is 0 Å².